The van der Waals surface area contributed by atoms with Crippen molar-refractivity contribution in [1.82, 2.24) is 0 Å². The van der Waals surface area contributed by atoms with E-state index < -0.39 is 0 Å². The van der Waals surface area contributed by atoms with E-state index in [0.717, 1.165) is 5.75 Å². The Morgan fingerprint density at radius 2 is 1.47 bits per heavy atom. The zero-order valence-electron chi connectivity index (χ0n) is 11.0. The van der Waals surface area contributed by atoms with Crippen LogP contribution in [0.3, 0.4) is 0 Å². The average molecular weight is 254 g/mol. The van der Waals surface area contributed by atoms with E-state index in [1.807, 2.05) is 18.2 Å². The largest absolute Gasteiger partial charge is 0.497 e. The molecule has 0 spiro atoms. The highest BCUT2D eigenvalue weighted by molar-refractivity contribution is 5.41. The lowest BCUT2D eigenvalue weighted by Gasteiger charge is -2.03. The van der Waals surface area contributed by atoms with Crippen molar-refractivity contribution in [2.45, 2.75) is 11.8 Å². The summed E-state index contributed by atoms with van der Waals surface area (Å²) in [5.41, 5.74) is 2.61. The maximum Gasteiger partial charge on any atom is 0.118 e. The van der Waals surface area contributed by atoms with Crippen LogP contribution in [-0.2, 0) is 0 Å². The second kappa shape index (κ2) is 5.06. The Hall–Kier alpha value is -1.80. The SMILES string of the molecule is COc1ccc([C@@H]2[C@@H](CO)[C@@H]2c2ccccc2)cc1. The van der Waals surface area contributed by atoms with Gasteiger partial charge in [-0.05, 0) is 41.0 Å². The molecule has 0 aromatic heterocycles. The second-order valence-electron chi connectivity index (χ2n) is 5.08. The Morgan fingerprint density at radius 3 is 2.00 bits per heavy atom. The summed E-state index contributed by atoms with van der Waals surface area (Å²) in [6.07, 6.45) is 0. The van der Waals surface area contributed by atoms with Gasteiger partial charge in [0.05, 0.1) is 7.11 Å². The minimum atomic E-state index is 0.246. The number of aliphatic hydroxyl groups is 1. The average Bonchev–Trinajstić information content (AvgIpc) is 3.22. The molecule has 0 aliphatic heterocycles. The molecule has 1 fully saturated rings. The van der Waals surface area contributed by atoms with E-state index >= 15 is 0 Å². The molecule has 2 aromatic rings. The molecule has 0 radical (unpaired) electrons. The van der Waals surface area contributed by atoms with Crippen molar-refractivity contribution >= 4 is 0 Å². The van der Waals surface area contributed by atoms with Crippen LogP contribution in [0.4, 0.5) is 0 Å². The third-order valence-corrected chi connectivity index (χ3v) is 4.06. The van der Waals surface area contributed by atoms with Crippen molar-refractivity contribution in [3.63, 3.8) is 0 Å². The Kier molecular flexibility index (Phi) is 3.26. The number of benzene rings is 2. The lowest BCUT2D eigenvalue weighted by Crippen LogP contribution is -1.89. The van der Waals surface area contributed by atoms with Crippen molar-refractivity contribution in [1.29, 1.82) is 0 Å². The fourth-order valence-electron chi connectivity index (χ4n) is 3.01. The van der Waals surface area contributed by atoms with Crippen LogP contribution in [-0.4, -0.2) is 18.8 Å². The van der Waals surface area contributed by atoms with Crippen LogP contribution in [0.2, 0.25) is 0 Å². The predicted molar refractivity (Wildman–Crippen MR) is 75.5 cm³/mol. The topological polar surface area (TPSA) is 29.5 Å². The maximum absolute atomic E-state index is 9.55. The number of rotatable bonds is 4. The molecule has 1 aliphatic rings. The summed E-state index contributed by atoms with van der Waals surface area (Å²) in [7, 11) is 1.68. The molecule has 0 unspecified atom stereocenters. The van der Waals surface area contributed by atoms with E-state index in [4.69, 9.17) is 4.74 Å². The van der Waals surface area contributed by atoms with Crippen molar-refractivity contribution in [3.8, 4) is 5.75 Å². The Balaban J connectivity index is 1.84. The van der Waals surface area contributed by atoms with Crippen LogP contribution in [0, 0.1) is 5.92 Å². The lowest BCUT2D eigenvalue weighted by atomic mass is 10.0. The number of aliphatic hydroxyl groups excluding tert-OH is 1. The molecule has 3 atom stereocenters. The summed E-state index contributed by atoms with van der Waals surface area (Å²) >= 11 is 0. The first-order valence-electron chi connectivity index (χ1n) is 6.65. The molecule has 1 N–H and O–H groups in total. The molecule has 2 nitrogen and oxygen atoms in total. The molecule has 0 amide bonds. The van der Waals surface area contributed by atoms with Crippen molar-refractivity contribution < 1.29 is 9.84 Å². The van der Waals surface area contributed by atoms with Gasteiger partial charge in [-0.25, -0.2) is 0 Å². The van der Waals surface area contributed by atoms with Crippen LogP contribution in [0.5, 0.6) is 5.75 Å². The van der Waals surface area contributed by atoms with E-state index in [-0.39, 0.29) is 6.61 Å². The van der Waals surface area contributed by atoms with E-state index in [1.165, 1.54) is 11.1 Å². The highest BCUT2D eigenvalue weighted by Crippen LogP contribution is 2.60. The van der Waals surface area contributed by atoms with Crippen molar-refractivity contribution in [2.24, 2.45) is 5.92 Å². The molecule has 0 saturated heterocycles. The number of methoxy groups -OCH3 is 1. The van der Waals surface area contributed by atoms with Gasteiger partial charge < -0.3 is 9.84 Å². The van der Waals surface area contributed by atoms with Gasteiger partial charge in [-0.2, -0.15) is 0 Å². The van der Waals surface area contributed by atoms with Crippen LogP contribution in [0.15, 0.2) is 54.6 Å². The van der Waals surface area contributed by atoms with Gasteiger partial charge in [0, 0.05) is 6.61 Å². The monoisotopic (exact) mass is 254 g/mol. The molecule has 1 aliphatic carbocycles. The third-order valence-electron chi connectivity index (χ3n) is 4.06. The number of ether oxygens (including phenoxy) is 1. The highest BCUT2D eigenvalue weighted by atomic mass is 16.5. The van der Waals surface area contributed by atoms with Crippen molar-refractivity contribution in [3.05, 3.63) is 65.7 Å². The van der Waals surface area contributed by atoms with Gasteiger partial charge in [0.1, 0.15) is 5.75 Å². The summed E-state index contributed by atoms with van der Waals surface area (Å²) in [5, 5.41) is 9.55. The summed E-state index contributed by atoms with van der Waals surface area (Å²) in [5.74, 6) is 2.09. The molecule has 3 rings (SSSR count). The minimum absolute atomic E-state index is 0.246. The molecule has 98 valence electrons. The fraction of sp³-hybridized carbons (Fsp3) is 0.294. The molecule has 2 heteroatoms. The van der Waals surface area contributed by atoms with E-state index in [9.17, 15) is 5.11 Å². The molecular formula is C17H18O2. The van der Waals surface area contributed by atoms with Gasteiger partial charge >= 0.3 is 0 Å². The van der Waals surface area contributed by atoms with Gasteiger partial charge in [0.15, 0.2) is 0 Å². The van der Waals surface area contributed by atoms with Gasteiger partial charge in [0.25, 0.3) is 0 Å². The first kappa shape index (κ1) is 12.2. The zero-order chi connectivity index (χ0) is 13.2. The maximum atomic E-state index is 9.55. The van der Waals surface area contributed by atoms with Gasteiger partial charge in [0.2, 0.25) is 0 Å². The smallest absolute Gasteiger partial charge is 0.118 e. The number of hydrogen-bond donors (Lipinski definition) is 1. The van der Waals surface area contributed by atoms with Gasteiger partial charge in [-0.3, -0.25) is 0 Å². The number of hydrogen-bond acceptors (Lipinski definition) is 2. The summed E-state index contributed by atoms with van der Waals surface area (Å²) < 4.78 is 5.18. The third kappa shape index (κ3) is 2.24. The first-order chi connectivity index (χ1) is 9.35. The fourth-order valence-corrected chi connectivity index (χ4v) is 3.01. The predicted octanol–water partition coefficient (Wildman–Crippen LogP) is 3.18. The molecular weight excluding hydrogens is 236 g/mol. The van der Waals surface area contributed by atoms with Crippen molar-refractivity contribution in [2.75, 3.05) is 13.7 Å². The molecule has 1 saturated carbocycles. The quantitative estimate of drug-likeness (QED) is 0.908. The first-order valence-corrected chi connectivity index (χ1v) is 6.65. The van der Waals surface area contributed by atoms with Gasteiger partial charge in [-0.1, -0.05) is 42.5 Å². The lowest BCUT2D eigenvalue weighted by molar-refractivity contribution is 0.271. The second-order valence-corrected chi connectivity index (χ2v) is 5.08. The Morgan fingerprint density at radius 1 is 0.895 bits per heavy atom. The summed E-state index contributed by atoms with van der Waals surface area (Å²) in [6, 6.07) is 18.6. The zero-order valence-corrected chi connectivity index (χ0v) is 11.0. The highest BCUT2D eigenvalue weighted by Gasteiger charge is 2.50. The van der Waals surface area contributed by atoms with Crippen LogP contribution in [0.1, 0.15) is 23.0 Å². The van der Waals surface area contributed by atoms with E-state index in [2.05, 4.69) is 36.4 Å². The van der Waals surface area contributed by atoms with E-state index in [1.54, 1.807) is 7.11 Å². The Labute approximate surface area is 113 Å². The normalized spacial score (nSPS) is 25.1. The molecule has 19 heavy (non-hydrogen) atoms. The molecule has 0 heterocycles. The molecule has 2 aromatic carbocycles. The standard InChI is InChI=1S/C17H18O2/c1-19-14-9-7-13(8-10-14)17-15(11-18)16(17)12-5-3-2-4-6-12/h2-10,15-18H,11H2,1H3/t15-,16-,17+/m0/s1. The minimum Gasteiger partial charge on any atom is -0.497 e. The van der Waals surface area contributed by atoms with Crippen LogP contribution >= 0.6 is 0 Å². The summed E-state index contributed by atoms with van der Waals surface area (Å²) in [4.78, 5) is 0. The van der Waals surface area contributed by atoms with Gasteiger partial charge in [-0.15, -0.1) is 0 Å². The van der Waals surface area contributed by atoms with Crippen LogP contribution < -0.4 is 4.74 Å². The van der Waals surface area contributed by atoms with Crippen LogP contribution in [0.25, 0.3) is 0 Å². The summed E-state index contributed by atoms with van der Waals surface area (Å²) in [6.45, 7) is 0.246. The molecule has 0 bridgehead atoms. The Bertz CT molecular complexity index is 533. The van der Waals surface area contributed by atoms with E-state index in [0.29, 0.717) is 17.8 Å².